The maximum Gasteiger partial charge on any atom is 0.295 e. The van der Waals surface area contributed by atoms with Crippen molar-refractivity contribution in [2.45, 2.75) is 13.3 Å². The molecule has 1 aromatic rings. The van der Waals surface area contributed by atoms with E-state index in [1.807, 2.05) is 0 Å². The normalized spacial score (nSPS) is 22.3. The number of benzene rings is 1. The first-order chi connectivity index (χ1) is 7.99. The number of anilines is 1. The van der Waals surface area contributed by atoms with Crippen LogP contribution in [-0.4, -0.2) is 11.5 Å². The highest BCUT2D eigenvalue weighted by Gasteiger charge is 2.32. The van der Waals surface area contributed by atoms with Gasteiger partial charge in [-0.1, -0.05) is 18.5 Å². The molecule has 0 heterocycles. The van der Waals surface area contributed by atoms with Gasteiger partial charge in [0.2, 0.25) is 0 Å². The van der Waals surface area contributed by atoms with Gasteiger partial charge in [-0.2, -0.15) is 0 Å². The van der Waals surface area contributed by atoms with Crippen molar-refractivity contribution >= 4 is 23.0 Å². The summed E-state index contributed by atoms with van der Waals surface area (Å²) < 4.78 is 13.1. The Bertz CT molecular complexity index is 467. The summed E-state index contributed by atoms with van der Waals surface area (Å²) in [6.45, 7) is 2.78. The van der Waals surface area contributed by atoms with E-state index < -0.39 is 10.7 Å². The lowest BCUT2D eigenvalue weighted by Gasteiger charge is -2.07. The van der Waals surface area contributed by atoms with Gasteiger partial charge in [-0.05, 0) is 24.3 Å². The number of hydrogen-bond acceptors (Lipinski definition) is 3. The Morgan fingerprint density at radius 3 is 2.82 bits per heavy atom. The lowest BCUT2D eigenvalue weighted by molar-refractivity contribution is -0.384. The maximum atomic E-state index is 13.1. The highest BCUT2D eigenvalue weighted by atomic mass is 35.5. The molecular weight excluding hydrogens is 247 g/mol. The smallest absolute Gasteiger partial charge is 0.295 e. The molecule has 4 nitrogen and oxygen atoms in total. The summed E-state index contributed by atoms with van der Waals surface area (Å²) in [6, 6.07) is 2.11. The monoisotopic (exact) mass is 258 g/mol. The van der Waals surface area contributed by atoms with Crippen LogP contribution in [0.4, 0.5) is 15.8 Å². The zero-order chi connectivity index (χ0) is 12.6. The number of halogens is 2. The molecule has 1 N–H and O–H groups in total. The molecule has 1 aliphatic rings. The van der Waals surface area contributed by atoms with E-state index >= 15 is 0 Å². The van der Waals surface area contributed by atoms with Crippen molar-refractivity contribution in [3.63, 3.8) is 0 Å². The zero-order valence-corrected chi connectivity index (χ0v) is 10.00. The summed E-state index contributed by atoms with van der Waals surface area (Å²) in [7, 11) is 0. The number of nitro benzene ring substituents is 1. The van der Waals surface area contributed by atoms with E-state index in [1.54, 1.807) is 0 Å². The van der Waals surface area contributed by atoms with Crippen LogP contribution in [0.15, 0.2) is 12.1 Å². The summed E-state index contributed by atoms with van der Waals surface area (Å²) in [5.41, 5.74) is 0.000651. The van der Waals surface area contributed by atoms with Gasteiger partial charge in [0, 0.05) is 6.54 Å². The molecule has 2 unspecified atom stereocenters. The van der Waals surface area contributed by atoms with E-state index in [4.69, 9.17) is 11.6 Å². The molecule has 92 valence electrons. The molecule has 0 amide bonds. The average molecular weight is 259 g/mol. The van der Waals surface area contributed by atoms with Crippen molar-refractivity contribution in [1.29, 1.82) is 0 Å². The minimum atomic E-state index is -0.774. The lowest BCUT2D eigenvalue weighted by Crippen LogP contribution is -2.07. The summed E-state index contributed by atoms with van der Waals surface area (Å²) >= 11 is 5.61. The molecule has 0 bridgehead atoms. The lowest BCUT2D eigenvalue weighted by atomic mass is 10.2. The van der Waals surface area contributed by atoms with E-state index in [9.17, 15) is 14.5 Å². The van der Waals surface area contributed by atoms with Gasteiger partial charge in [-0.25, -0.2) is 4.39 Å². The fourth-order valence-electron chi connectivity index (χ4n) is 1.75. The van der Waals surface area contributed by atoms with Gasteiger partial charge in [-0.15, -0.1) is 0 Å². The minimum absolute atomic E-state index is 0.109. The molecule has 1 fully saturated rings. The number of hydrogen-bond donors (Lipinski definition) is 1. The number of rotatable bonds is 4. The first-order valence-corrected chi connectivity index (χ1v) is 5.74. The second kappa shape index (κ2) is 4.49. The summed E-state index contributed by atoms with van der Waals surface area (Å²) in [5, 5.41) is 13.6. The maximum absolute atomic E-state index is 13.1. The van der Waals surface area contributed by atoms with Crippen LogP contribution < -0.4 is 5.32 Å². The van der Waals surface area contributed by atoms with Gasteiger partial charge in [0.1, 0.15) is 11.5 Å². The molecule has 0 saturated heterocycles. The molecule has 0 aliphatic heterocycles. The van der Waals surface area contributed by atoms with Crippen LogP contribution in [-0.2, 0) is 0 Å². The van der Waals surface area contributed by atoms with Gasteiger partial charge >= 0.3 is 0 Å². The molecule has 1 saturated carbocycles. The SMILES string of the molecule is CC1CC1CNc1cc(Cl)c(F)cc1[N+](=O)[O-]. The number of nitrogens with zero attached hydrogens (tertiary/aromatic N) is 1. The second-order valence-corrected chi connectivity index (χ2v) is 4.80. The first-order valence-electron chi connectivity index (χ1n) is 5.36. The second-order valence-electron chi connectivity index (χ2n) is 4.39. The molecule has 2 atom stereocenters. The highest BCUT2D eigenvalue weighted by Crippen LogP contribution is 2.38. The standard InChI is InChI=1S/C11H12ClFN2O2/c1-6-2-7(6)5-14-10-3-8(12)9(13)4-11(10)15(16)17/h3-4,6-7,14H,2,5H2,1H3. The van der Waals surface area contributed by atoms with Gasteiger partial charge in [0.25, 0.3) is 5.69 Å². The van der Waals surface area contributed by atoms with Gasteiger partial charge < -0.3 is 5.32 Å². The Labute approximate surface area is 103 Å². The van der Waals surface area contributed by atoms with Crippen molar-refractivity contribution in [3.8, 4) is 0 Å². The Hall–Kier alpha value is -1.36. The van der Waals surface area contributed by atoms with Crippen LogP contribution in [0.5, 0.6) is 0 Å². The van der Waals surface area contributed by atoms with Crippen molar-refractivity contribution in [2.75, 3.05) is 11.9 Å². The third-order valence-electron chi connectivity index (χ3n) is 3.07. The Morgan fingerprint density at radius 2 is 2.29 bits per heavy atom. The van der Waals surface area contributed by atoms with Crippen LogP contribution in [0.1, 0.15) is 13.3 Å². The first kappa shape index (κ1) is 12.1. The predicted octanol–water partition coefficient (Wildman–Crippen LogP) is 3.46. The molecule has 1 aliphatic carbocycles. The minimum Gasteiger partial charge on any atom is -0.379 e. The Kier molecular flexibility index (Phi) is 3.19. The molecule has 0 spiro atoms. The van der Waals surface area contributed by atoms with Gasteiger partial charge in [0.05, 0.1) is 16.0 Å². The van der Waals surface area contributed by atoms with E-state index in [1.165, 1.54) is 6.07 Å². The molecule has 1 aromatic carbocycles. The third kappa shape index (κ3) is 2.66. The zero-order valence-electron chi connectivity index (χ0n) is 9.24. The molecule has 6 heteroatoms. The van der Waals surface area contributed by atoms with Crippen LogP contribution in [0.3, 0.4) is 0 Å². The van der Waals surface area contributed by atoms with Crippen molar-refractivity contribution in [3.05, 3.63) is 33.1 Å². The topological polar surface area (TPSA) is 55.2 Å². The van der Waals surface area contributed by atoms with Crippen molar-refractivity contribution in [2.24, 2.45) is 11.8 Å². The molecule has 17 heavy (non-hydrogen) atoms. The highest BCUT2D eigenvalue weighted by molar-refractivity contribution is 6.31. The Morgan fingerprint density at radius 1 is 1.65 bits per heavy atom. The van der Waals surface area contributed by atoms with E-state index in [2.05, 4.69) is 12.2 Å². The summed E-state index contributed by atoms with van der Waals surface area (Å²) in [4.78, 5) is 10.2. The van der Waals surface area contributed by atoms with E-state index in [-0.39, 0.29) is 16.4 Å². The average Bonchev–Trinajstić information content (AvgIpc) is 2.95. The van der Waals surface area contributed by atoms with E-state index in [0.29, 0.717) is 18.4 Å². The fraction of sp³-hybridized carbons (Fsp3) is 0.455. The molecular formula is C11H12ClFN2O2. The van der Waals surface area contributed by atoms with Crippen molar-refractivity contribution < 1.29 is 9.31 Å². The number of nitrogens with one attached hydrogen (secondary N) is 1. The molecule has 0 radical (unpaired) electrons. The number of nitro groups is 1. The van der Waals surface area contributed by atoms with E-state index in [0.717, 1.165) is 12.5 Å². The van der Waals surface area contributed by atoms with Crippen LogP contribution in [0, 0.1) is 27.8 Å². The largest absolute Gasteiger partial charge is 0.379 e. The quantitative estimate of drug-likeness (QED) is 0.665. The van der Waals surface area contributed by atoms with Crippen molar-refractivity contribution in [1.82, 2.24) is 0 Å². The third-order valence-corrected chi connectivity index (χ3v) is 3.36. The molecule has 0 aromatic heterocycles. The van der Waals surface area contributed by atoms with Crippen LogP contribution >= 0.6 is 11.6 Å². The Balaban J connectivity index is 2.18. The summed E-state index contributed by atoms with van der Waals surface area (Å²) in [6.07, 6.45) is 1.12. The molecule has 2 rings (SSSR count). The van der Waals surface area contributed by atoms with Gasteiger partial charge in [0.15, 0.2) is 0 Å². The predicted molar refractivity (Wildman–Crippen MR) is 63.8 cm³/mol. The van der Waals surface area contributed by atoms with Crippen LogP contribution in [0.25, 0.3) is 0 Å². The van der Waals surface area contributed by atoms with Crippen LogP contribution in [0.2, 0.25) is 5.02 Å². The van der Waals surface area contributed by atoms with Gasteiger partial charge in [-0.3, -0.25) is 10.1 Å². The fourth-order valence-corrected chi connectivity index (χ4v) is 1.92. The summed E-state index contributed by atoms with van der Waals surface area (Å²) in [5.74, 6) is 0.416.